The Kier molecular flexibility index (Phi) is 3.86. The van der Waals surface area contributed by atoms with Crippen LogP contribution in [0.15, 0.2) is 54.6 Å². The molecule has 0 saturated carbocycles. The number of carbonyl (C=O) groups is 2. The number of amides is 2. The van der Waals surface area contributed by atoms with Crippen LogP contribution < -0.4 is 10.2 Å². The zero-order valence-corrected chi connectivity index (χ0v) is 14.4. The molecule has 0 saturated heterocycles. The van der Waals surface area contributed by atoms with Gasteiger partial charge in [-0.05, 0) is 35.7 Å². The zero-order valence-electron chi connectivity index (χ0n) is 12.9. The maximum absolute atomic E-state index is 12.7. The lowest BCUT2D eigenvalue weighted by Gasteiger charge is -2.17. The van der Waals surface area contributed by atoms with Gasteiger partial charge in [-0.15, -0.1) is 0 Å². The molecule has 0 unspecified atom stereocenters. The molecule has 2 amide bonds. The molecule has 4 rings (SSSR count). The van der Waals surface area contributed by atoms with E-state index in [9.17, 15) is 9.59 Å². The minimum absolute atomic E-state index is 0.102. The monoisotopic (exact) mass is 370 g/mol. The Morgan fingerprint density at radius 3 is 2.60 bits per heavy atom. The van der Waals surface area contributed by atoms with Crippen LogP contribution in [0.4, 0.5) is 11.4 Å². The van der Waals surface area contributed by atoms with E-state index in [1.54, 1.807) is 24.3 Å². The number of hydrogen-bond donors (Lipinski definition) is 1. The molecular formula is C19H12Cl2N2O2. The molecule has 0 radical (unpaired) electrons. The molecule has 1 N–H and O–H groups in total. The van der Waals surface area contributed by atoms with E-state index in [0.29, 0.717) is 21.3 Å². The lowest BCUT2D eigenvalue weighted by atomic mass is 10.1. The van der Waals surface area contributed by atoms with Crippen LogP contribution in [0.1, 0.15) is 10.4 Å². The SMILES string of the molecule is O=C(CN1C(=O)c2cccc3cccc1c23)Nc1cc(Cl)ccc1Cl. The van der Waals surface area contributed by atoms with Crippen molar-refractivity contribution in [1.82, 2.24) is 0 Å². The first-order valence-corrected chi connectivity index (χ1v) is 8.39. The smallest absolute Gasteiger partial charge is 0.259 e. The molecule has 124 valence electrons. The first kappa shape index (κ1) is 15.9. The van der Waals surface area contributed by atoms with Gasteiger partial charge < -0.3 is 5.32 Å². The van der Waals surface area contributed by atoms with Gasteiger partial charge in [-0.1, -0.05) is 47.5 Å². The van der Waals surface area contributed by atoms with Crippen molar-refractivity contribution in [2.24, 2.45) is 0 Å². The average molecular weight is 371 g/mol. The summed E-state index contributed by atoms with van der Waals surface area (Å²) < 4.78 is 0. The third-order valence-corrected chi connectivity index (χ3v) is 4.72. The molecule has 3 aromatic carbocycles. The van der Waals surface area contributed by atoms with Gasteiger partial charge in [0.15, 0.2) is 0 Å². The van der Waals surface area contributed by atoms with Crippen molar-refractivity contribution in [3.8, 4) is 0 Å². The minimum Gasteiger partial charge on any atom is -0.323 e. The lowest BCUT2D eigenvalue weighted by molar-refractivity contribution is -0.114. The molecule has 0 atom stereocenters. The fraction of sp³-hybridized carbons (Fsp3) is 0.0526. The van der Waals surface area contributed by atoms with Gasteiger partial charge in [0.25, 0.3) is 5.91 Å². The van der Waals surface area contributed by atoms with Crippen molar-refractivity contribution in [1.29, 1.82) is 0 Å². The van der Waals surface area contributed by atoms with Gasteiger partial charge in [-0.2, -0.15) is 0 Å². The molecule has 0 fully saturated rings. The second-order valence-corrected chi connectivity index (χ2v) is 6.59. The van der Waals surface area contributed by atoms with E-state index in [4.69, 9.17) is 23.2 Å². The summed E-state index contributed by atoms with van der Waals surface area (Å²) in [7, 11) is 0. The highest BCUT2D eigenvalue weighted by Crippen LogP contribution is 2.37. The van der Waals surface area contributed by atoms with E-state index in [-0.39, 0.29) is 18.4 Å². The Morgan fingerprint density at radius 1 is 1.04 bits per heavy atom. The normalized spacial score (nSPS) is 12.7. The number of nitrogens with zero attached hydrogens (tertiary/aromatic N) is 1. The predicted octanol–water partition coefficient (Wildman–Crippen LogP) is 4.75. The Bertz CT molecular complexity index is 1030. The summed E-state index contributed by atoms with van der Waals surface area (Å²) in [6, 6.07) is 16.1. The fourth-order valence-electron chi connectivity index (χ4n) is 3.06. The molecule has 4 nitrogen and oxygen atoms in total. The minimum atomic E-state index is -0.345. The Morgan fingerprint density at radius 2 is 1.80 bits per heavy atom. The van der Waals surface area contributed by atoms with Crippen LogP contribution in [-0.2, 0) is 4.79 Å². The van der Waals surface area contributed by atoms with Gasteiger partial charge in [-0.3, -0.25) is 14.5 Å². The van der Waals surface area contributed by atoms with Gasteiger partial charge in [0.2, 0.25) is 5.91 Å². The standard InChI is InChI=1S/C19H12Cl2N2O2/c20-12-7-8-14(21)15(9-12)22-17(24)10-23-16-6-2-4-11-3-1-5-13(18(11)16)19(23)25/h1-9H,10H2,(H,22,24). The van der Waals surface area contributed by atoms with E-state index < -0.39 is 0 Å². The number of nitrogens with one attached hydrogen (secondary N) is 1. The highest BCUT2D eigenvalue weighted by atomic mass is 35.5. The first-order chi connectivity index (χ1) is 12.0. The maximum Gasteiger partial charge on any atom is 0.259 e. The summed E-state index contributed by atoms with van der Waals surface area (Å²) in [4.78, 5) is 26.6. The number of anilines is 2. The van der Waals surface area contributed by atoms with Crippen LogP contribution >= 0.6 is 23.2 Å². The van der Waals surface area contributed by atoms with E-state index in [2.05, 4.69) is 5.32 Å². The molecule has 25 heavy (non-hydrogen) atoms. The fourth-order valence-corrected chi connectivity index (χ4v) is 3.40. The van der Waals surface area contributed by atoms with E-state index in [1.807, 2.05) is 30.3 Å². The van der Waals surface area contributed by atoms with Crippen molar-refractivity contribution in [2.45, 2.75) is 0 Å². The molecule has 3 aromatic rings. The third-order valence-electron chi connectivity index (χ3n) is 4.15. The van der Waals surface area contributed by atoms with E-state index in [1.165, 1.54) is 4.90 Å². The Hall–Kier alpha value is -2.56. The van der Waals surface area contributed by atoms with E-state index in [0.717, 1.165) is 16.5 Å². The topological polar surface area (TPSA) is 49.4 Å². The van der Waals surface area contributed by atoms with Crippen LogP contribution in [0.5, 0.6) is 0 Å². The molecular weight excluding hydrogens is 359 g/mol. The van der Waals surface area contributed by atoms with Gasteiger partial charge in [-0.25, -0.2) is 0 Å². The predicted molar refractivity (Wildman–Crippen MR) is 101 cm³/mol. The summed E-state index contributed by atoms with van der Waals surface area (Å²) >= 11 is 12.0. The quantitative estimate of drug-likeness (QED) is 0.723. The van der Waals surface area contributed by atoms with Crippen LogP contribution in [0.3, 0.4) is 0 Å². The molecule has 0 aromatic heterocycles. The number of benzene rings is 3. The summed E-state index contributed by atoms with van der Waals surface area (Å²) in [5, 5.41) is 5.41. The van der Waals surface area contributed by atoms with Crippen LogP contribution in [0.2, 0.25) is 10.0 Å². The van der Waals surface area contributed by atoms with Crippen molar-refractivity contribution in [2.75, 3.05) is 16.8 Å². The number of rotatable bonds is 3. The third kappa shape index (κ3) is 2.73. The molecule has 1 aliphatic rings. The van der Waals surface area contributed by atoms with Crippen molar-refractivity contribution in [3.63, 3.8) is 0 Å². The van der Waals surface area contributed by atoms with Gasteiger partial charge in [0, 0.05) is 16.0 Å². The highest BCUT2D eigenvalue weighted by Gasteiger charge is 2.30. The molecule has 1 aliphatic heterocycles. The van der Waals surface area contributed by atoms with Crippen molar-refractivity contribution < 1.29 is 9.59 Å². The van der Waals surface area contributed by atoms with Gasteiger partial charge in [0.05, 0.1) is 16.4 Å². The van der Waals surface area contributed by atoms with Gasteiger partial charge >= 0.3 is 0 Å². The largest absolute Gasteiger partial charge is 0.323 e. The van der Waals surface area contributed by atoms with E-state index >= 15 is 0 Å². The summed E-state index contributed by atoms with van der Waals surface area (Å²) in [5.74, 6) is -0.526. The molecule has 1 heterocycles. The number of hydrogen-bond acceptors (Lipinski definition) is 2. The zero-order chi connectivity index (χ0) is 17.6. The number of carbonyl (C=O) groups excluding carboxylic acids is 2. The summed E-state index contributed by atoms with van der Waals surface area (Å²) in [6.45, 7) is -0.102. The lowest BCUT2D eigenvalue weighted by Crippen LogP contribution is -2.35. The molecule has 0 aliphatic carbocycles. The Labute approximate surface area is 153 Å². The van der Waals surface area contributed by atoms with Crippen LogP contribution in [-0.4, -0.2) is 18.4 Å². The molecule has 0 spiro atoms. The average Bonchev–Trinajstić information content (AvgIpc) is 2.86. The second kappa shape index (κ2) is 6.06. The summed E-state index contributed by atoms with van der Waals surface area (Å²) in [6.07, 6.45) is 0. The first-order valence-electron chi connectivity index (χ1n) is 7.63. The highest BCUT2D eigenvalue weighted by molar-refractivity contribution is 6.36. The van der Waals surface area contributed by atoms with Crippen molar-refractivity contribution >= 4 is 57.2 Å². The molecule has 0 bridgehead atoms. The number of halogens is 2. The van der Waals surface area contributed by atoms with Crippen LogP contribution in [0.25, 0.3) is 10.8 Å². The van der Waals surface area contributed by atoms with Gasteiger partial charge in [0.1, 0.15) is 6.54 Å². The second-order valence-electron chi connectivity index (χ2n) is 5.74. The maximum atomic E-state index is 12.7. The van der Waals surface area contributed by atoms with Crippen molar-refractivity contribution in [3.05, 3.63) is 70.2 Å². The molecule has 6 heteroatoms. The van der Waals surface area contributed by atoms with Crippen LogP contribution in [0, 0.1) is 0 Å². The Balaban J connectivity index is 1.62. The summed E-state index contributed by atoms with van der Waals surface area (Å²) in [5.41, 5.74) is 1.77.